The van der Waals surface area contributed by atoms with Gasteiger partial charge in [-0.25, -0.2) is 0 Å². The summed E-state index contributed by atoms with van der Waals surface area (Å²) in [5, 5.41) is 3.26. The molecule has 1 aliphatic rings. The molecule has 1 fully saturated rings. The summed E-state index contributed by atoms with van der Waals surface area (Å²) in [5.74, 6) is -0.0745. The third-order valence-corrected chi connectivity index (χ3v) is 2.81. The molecule has 17 heavy (non-hydrogen) atoms. The summed E-state index contributed by atoms with van der Waals surface area (Å²) in [6.07, 6.45) is 0. The second kappa shape index (κ2) is 5.33. The van der Waals surface area contributed by atoms with Gasteiger partial charge in [-0.15, -0.1) is 0 Å². The van der Waals surface area contributed by atoms with Gasteiger partial charge in [-0.3, -0.25) is 0 Å². The number of nitrogens with one attached hydrogen (secondary N) is 1. The van der Waals surface area contributed by atoms with E-state index in [0.717, 1.165) is 12.1 Å². The second-order valence-electron chi connectivity index (χ2n) is 3.79. The lowest BCUT2D eigenvalue weighted by atomic mass is 10.0. The standard InChI is InChI=1S/C12H16FNO3/c1-15-10-4-3-8(12(16-2)11(10)13)9-7-17-6-5-14-9/h3-4,9,14H,5-7H2,1-2H3. The molecule has 0 bridgehead atoms. The number of methoxy groups -OCH3 is 2. The number of halogens is 1. The van der Waals surface area contributed by atoms with Gasteiger partial charge >= 0.3 is 0 Å². The Kier molecular flexibility index (Phi) is 3.81. The van der Waals surface area contributed by atoms with Gasteiger partial charge in [0.25, 0.3) is 0 Å². The van der Waals surface area contributed by atoms with E-state index < -0.39 is 5.82 Å². The normalized spacial score (nSPS) is 20.1. The van der Waals surface area contributed by atoms with Gasteiger partial charge in [0.2, 0.25) is 5.82 Å². The van der Waals surface area contributed by atoms with Crippen LogP contribution < -0.4 is 14.8 Å². The van der Waals surface area contributed by atoms with E-state index in [1.807, 2.05) is 0 Å². The molecule has 2 rings (SSSR count). The Balaban J connectivity index is 2.35. The molecule has 1 atom stereocenters. The fourth-order valence-corrected chi connectivity index (χ4v) is 1.96. The van der Waals surface area contributed by atoms with Gasteiger partial charge in [0.1, 0.15) is 0 Å². The zero-order valence-electron chi connectivity index (χ0n) is 9.96. The van der Waals surface area contributed by atoms with Crippen LogP contribution >= 0.6 is 0 Å². The van der Waals surface area contributed by atoms with E-state index in [9.17, 15) is 4.39 Å². The topological polar surface area (TPSA) is 39.7 Å². The van der Waals surface area contributed by atoms with Crippen molar-refractivity contribution in [1.29, 1.82) is 0 Å². The number of morpholine rings is 1. The quantitative estimate of drug-likeness (QED) is 0.870. The van der Waals surface area contributed by atoms with Gasteiger partial charge in [0.15, 0.2) is 11.5 Å². The summed E-state index contributed by atoms with van der Waals surface area (Å²) in [6.45, 7) is 1.95. The Morgan fingerprint density at radius 3 is 2.76 bits per heavy atom. The molecule has 1 unspecified atom stereocenters. The van der Waals surface area contributed by atoms with Crippen LogP contribution in [0.15, 0.2) is 12.1 Å². The summed E-state index contributed by atoms with van der Waals surface area (Å²) < 4.78 is 29.4. The average molecular weight is 241 g/mol. The van der Waals surface area contributed by atoms with Gasteiger partial charge in [-0.2, -0.15) is 4.39 Å². The van der Waals surface area contributed by atoms with Gasteiger partial charge in [-0.05, 0) is 12.1 Å². The average Bonchev–Trinajstić information content (AvgIpc) is 2.39. The minimum absolute atomic E-state index is 0.0425. The maximum atomic E-state index is 14.0. The maximum absolute atomic E-state index is 14.0. The molecular formula is C12H16FNO3. The molecule has 0 aliphatic carbocycles. The van der Waals surface area contributed by atoms with Crippen molar-refractivity contribution in [3.8, 4) is 11.5 Å². The van der Waals surface area contributed by atoms with Crippen molar-refractivity contribution in [2.45, 2.75) is 6.04 Å². The van der Waals surface area contributed by atoms with Crippen LogP contribution in [0.4, 0.5) is 4.39 Å². The van der Waals surface area contributed by atoms with Crippen molar-refractivity contribution in [2.75, 3.05) is 34.0 Å². The number of rotatable bonds is 3. The molecule has 94 valence electrons. The molecule has 1 aromatic rings. The SMILES string of the molecule is COc1ccc(C2COCCN2)c(OC)c1F. The highest BCUT2D eigenvalue weighted by Gasteiger charge is 2.23. The fourth-order valence-electron chi connectivity index (χ4n) is 1.96. The van der Waals surface area contributed by atoms with E-state index in [1.54, 1.807) is 12.1 Å². The predicted molar refractivity (Wildman–Crippen MR) is 61.1 cm³/mol. The number of hydrogen-bond acceptors (Lipinski definition) is 4. The van der Waals surface area contributed by atoms with E-state index in [2.05, 4.69) is 5.32 Å². The Bertz CT molecular complexity index is 392. The highest BCUT2D eigenvalue weighted by atomic mass is 19.1. The molecule has 0 amide bonds. The second-order valence-corrected chi connectivity index (χ2v) is 3.79. The molecule has 0 radical (unpaired) electrons. The van der Waals surface area contributed by atoms with Gasteiger partial charge < -0.3 is 19.5 Å². The molecule has 1 aromatic carbocycles. The van der Waals surface area contributed by atoms with E-state index in [1.165, 1.54) is 14.2 Å². The van der Waals surface area contributed by atoms with E-state index in [0.29, 0.717) is 13.2 Å². The molecule has 0 aromatic heterocycles. The minimum Gasteiger partial charge on any atom is -0.494 e. The molecule has 0 spiro atoms. The first-order chi connectivity index (χ1) is 8.27. The van der Waals surface area contributed by atoms with Crippen LogP contribution in [-0.4, -0.2) is 34.0 Å². The predicted octanol–water partition coefficient (Wildman–Crippen LogP) is 1.50. The van der Waals surface area contributed by atoms with E-state index in [-0.39, 0.29) is 17.5 Å². The van der Waals surface area contributed by atoms with Crippen molar-refractivity contribution in [3.05, 3.63) is 23.5 Å². The van der Waals surface area contributed by atoms with Crippen LogP contribution in [0.3, 0.4) is 0 Å². The Labute approximate surface area is 99.7 Å². The zero-order chi connectivity index (χ0) is 12.3. The lowest BCUT2D eigenvalue weighted by Crippen LogP contribution is -2.34. The van der Waals surface area contributed by atoms with Gasteiger partial charge in [0.05, 0.1) is 33.5 Å². The lowest BCUT2D eigenvalue weighted by molar-refractivity contribution is 0.0758. The molecule has 1 N–H and O–H groups in total. The molecule has 1 heterocycles. The maximum Gasteiger partial charge on any atom is 0.207 e. The van der Waals surface area contributed by atoms with Crippen LogP contribution in [0, 0.1) is 5.82 Å². The van der Waals surface area contributed by atoms with Gasteiger partial charge in [0, 0.05) is 12.1 Å². The van der Waals surface area contributed by atoms with Crippen LogP contribution in [0.2, 0.25) is 0 Å². The first-order valence-corrected chi connectivity index (χ1v) is 5.49. The first kappa shape index (κ1) is 12.1. The monoisotopic (exact) mass is 241 g/mol. The molecule has 0 saturated carbocycles. The Morgan fingerprint density at radius 2 is 2.18 bits per heavy atom. The Hall–Kier alpha value is -1.33. The van der Waals surface area contributed by atoms with Crippen molar-refractivity contribution in [1.82, 2.24) is 5.32 Å². The van der Waals surface area contributed by atoms with Crippen LogP contribution in [-0.2, 0) is 4.74 Å². The van der Waals surface area contributed by atoms with Crippen molar-refractivity contribution >= 4 is 0 Å². The van der Waals surface area contributed by atoms with E-state index >= 15 is 0 Å². The third-order valence-electron chi connectivity index (χ3n) is 2.81. The molecule has 5 heteroatoms. The summed E-state index contributed by atoms with van der Waals surface area (Å²) in [4.78, 5) is 0. The molecule has 4 nitrogen and oxygen atoms in total. The number of hydrogen-bond donors (Lipinski definition) is 1. The molecule has 1 aliphatic heterocycles. The highest BCUT2D eigenvalue weighted by molar-refractivity contribution is 5.44. The summed E-state index contributed by atoms with van der Waals surface area (Å²) >= 11 is 0. The summed E-state index contributed by atoms with van der Waals surface area (Å²) in [7, 11) is 2.88. The summed E-state index contributed by atoms with van der Waals surface area (Å²) in [6, 6.07) is 3.36. The van der Waals surface area contributed by atoms with Crippen molar-refractivity contribution in [2.24, 2.45) is 0 Å². The zero-order valence-corrected chi connectivity index (χ0v) is 9.96. The largest absolute Gasteiger partial charge is 0.494 e. The van der Waals surface area contributed by atoms with Crippen LogP contribution in [0.25, 0.3) is 0 Å². The minimum atomic E-state index is -0.472. The van der Waals surface area contributed by atoms with Gasteiger partial charge in [-0.1, -0.05) is 0 Å². The van der Waals surface area contributed by atoms with E-state index in [4.69, 9.17) is 14.2 Å². The Morgan fingerprint density at radius 1 is 1.35 bits per heavy atom. The highest BCUT2D eigenvalue weighted by Crippen LogP contribution is 2.34. The van der Waals surface area contributed by atoms with Crippen molar-refractivity contribution < 1.29 is 18.6 Å². The van der Waals surface area contributed by atoms with Crippen LogP contribution in [0.5, 0.6) is 11.5 Å². The fraction of sp³-hybridized carbons (Fsp3) is 0.500. The number of ether oxygens (including phenoxy) is 3. The lowest BCUT2D eigenvalue weighted by Gasteiger charge is -2.26. The number of benzene rings is 1. The summed E-state index contributed by atoms with van der Waals surface area (Å²) in [5.41, 5.74) is 0.755. The first-order valence-electron chi connectivity index (χ1n) is 5.49. The third kappa shape index (κ3) is 2.35. The molecular weight excluding hydrogens is 225 g/mol. The molecule has 1 saturated heterocycles. The van der Waals surface area contributed by atoms with Crippen LogP contribution in [0.1, 0.15) is 11.6 Å². The van der Waals surface area contributed by atoms with Crippen molar-refractivity contribution in [3.63, 3.8) is 0 Å². The smallest absolute Gasteiger partial charge is 0.207 e.